The third-order valence-electron chi connectivity index (χ3n) is 3.44. The van der Waals surface area contributed by atoms with Crippen molar-refractivity contribution >= 4 is 11.8 Å². The van der Waals surface area contributed by atoms with E-state index >= 15 is 0 Å². The Morgan fingerprint density at radius 2 is 1.95 bits per heavy atom. The van der Waals surface area contributed by atoms with Crippen LogP contribution in [0.3, 0.4) is 0 Å². The van der Waals surface area contributed by atoms with Gasteiger partial charge in [0.2, 0.25) is 0 Å². The van der Waals surface area contributed by atoms with Gasteiger partial charge in [0, 0.05) is 24.8 Å². The minimum absolute atomic E-state index is 0.170. The van der Waals surface area contributed by atoms with E-state index in [9.17, 15) is 4.79 Å². The van der Waals surface area contributed by atoms with E-state index in [-0.39, 0.29) is 6.09 Å². The number of hydrogen-bond donors (Lipinski definition) is 1. The van der Waals surface area contributed by atoms with E-state index in [1.807, 2.05) is 36.9 Å². The summed E-state index contributed by atoms with van der Waals surface area (Å²) in [6.45, 7) is 6.12. The molecule has 1 aliphatic rings. The van der Waals surface area contributed by atoms with Crippen molar-refractivity contribution in [1.82, 2.24) is 4.90 Å². The Morgan fingerprint density at radius 3 is 2.55 bits per heavy atom. The quantitative estimate of drug-likeness (QED) is 0.917. The number of benzene rings is 1. The second kappa shape index (κ2) is 7.17. The highest BCUT2D eigenvalue weighted by Gasteiger charge is 2.23. The van der Waals surface area contributed by atoms with Crippen molar-refractivity contribution in [2.45, 2.75) is 32.7 Å². The molecule has 20 heavy (non-hydrogen) atoms. The molecule has 2 rings (SSSR count). The molecule has 0 spiro atoms. The summed E-state index contributed by atoms with van der Waals surface area (Å²) < 4.78 is 5.26. The minimum Gasteiger partial charge on any atom is -0.449 e. The standard InChI is InChI=1S/C16H24N2O2/c1-13(2)12-20-16(19)18-10-8-15(9-11-18)17-14-6-4-3-5-7-14/h3-7,13,15,17H,8-12H2,1-2H3. The molecular formula is C16H24N2O2. The predicted octanol–water partition coefficient (Wildman–Crippen LogP) is 3.36. The van der Waals surface area contributed by atoms with Crippen LogP contribution in [0.2, 0.25) is 0 Å². The number of para-hydroxylation sites is 1. The molecule has 4 nitrogen and oxygen atoms in total. The molecule has 0 saturated carbocycles. The molecular weight excluding hydrogens is 252 g/mol. The van der Waals surface area contributed by atoms with Crippen molar-refractivity contribution < 1.29 is 9.53 Å². The van der Waals surface area contributed by atoms with Gasteiger partial charge in [0.1, 0.15) is 0 Å². The summed E-state index contributed by atoms with van der Waals surface area (Å²) >= 11 is 0. The molecule has 1 heterocycles. The summed E-state index contributed by atoms with van der Waals surface area (Å²) in [5, 5.41) is 3.51. The van der Waals surface area contributed by atoms with Gasteiger partial charge in [-0.05, 0) is 30.9 Å². The van der Waals surface area contributed by atoms with E-state index < -0.39 is 0 Å². The Hall–Kier alpha value is -1.71. The molecule has 1 aliphatic heterocycles. The largest absolute Gasteiger partial charge is 0.449 e. The van der Waals surface area contributed by atoms with E-state index in [0.29, 0.717) is 18.6 Å². The lowest BCUT2D eigenvalue weighted by Gasteiger charge is -2.32. The maximum Gasteiger partial charge on any atom is 0.409 e. The van der Waals surface area contributed by atoms with Crippen LogP contribution in [0.15, 0.2) is 30.3 Å². The van der Waals surface area contributed by atoms with Crippen LogP contribution in [0.5, 0.6) is 0 Å². The molecule has 1 N–H and O–H groups in total. The highest BCUT2D eigenvalue weighted by molar-refractivity contribution is 5.67. The number of hydrogen-bond acceptors (Lipinski definition) is 3. The third kappa shape index (κ3) is 4.44. The fraction of sp³-hybridized carbons (Fsp3) is 0.562. The number of nitrogens with zero attached hydrogens (tertiary/aromatic N) is 1. The average Bonchev–Trinajstić information content (AvgIpc) is 2.46. The van der Waals surface area contributed by atoms with E-state index in [1.54, 1.807) is 0 Å². The van der Waals surface area contributed by atoms with E-state index in [0.717, 1.165) is 31.6 Å². The van der Waals surface area contributed by atoms with Crippen LogP contribution >= 0.6 is 0 Å². The van der Waals surface area contributed by atoms with Gasteiger partial charge < -0.3 is 15.0 Å². The first kappa shape index (κ1) is 14.7. The average molecular weight is 276 g/mol. The molecule has 0 aliphatic carbocycles. The maximum atomic E-state index is 11.9. The Morgan fingerprint density at radius 1 is 1.30 bits per heavy atom. The fourth-order valence-corrected chi connectivity index (χ4v) is 2.31. The first-order valence-electron chi connectivity index (χ1n) is 7.38. The van der Waals surface area contributed by atoms with Gasteiger partial charge in [-0.2, -0.15) is 0 Å². The zero-order chi connectivity index (χ0) is 14.4. The van der Waals surface area contributed by atoms with Crippen molar-refractivity contribution in [2.24, 2.45) is 5.92 Å². The van der Waals surface area contributed by atoms with Crippen LogP contribution in [-0.2, 0) is 4.74 Å². The molecule has 1 saturated heterocycles. The topological polar surface area (TPSA) is 41.6 Å². The van der Waals surface area contributed by atoms with Gasteiger partial charge in [-0.15, -0.1) is 0 Å². The number of ether oxygens (including phenoxy) is 1. The summed E-state index contributed by atoms with van der Waals surface area (Å²) in [5.74, 6) is 0.385. The second-order valence-electron chi connectivity index (χ2n) is 5.74. The normalized spacial score (nSPS) is 16.2. The zero-order valence-corrected chi connectivity index (χ0v) is 12.3. The molecule has 1 aromatic rings. The van der Waals surface area contributed by atoms with Crippen LogP contribution < -0.4 is 5.32 Å². The van der Waals surface area contributed by atoms with E-state index in [4.69, 9.17) is 4.74 Å². The second-order valence-corrected chi connectivity index (χ2v) is 5.74. The molecule has 0 atom stereocenters. The van der Waals surface area contributed by atoms with E-state index in [2.05, 4.69) is 17.4 Å². The molecule has 4 heteroatoms. The number of piperidine rings is 1. The predicted molar refractivity (Wildman–Crippen MR) is 80.8 cm³/mol. The van der Waals surface area contributed by atoms with Gasteiger partial charge in [-0.3, -0.25) is 0 Å². The lowest BCUT2D eigenvalue weighted by molar-refractivity contribution is 0.0845. The lowest BCUT2D eigenvalue weighted by atomic mass is 10.1. The summed E-state index contributed by atoms with van der Waals surface area (Å²) in [7, 11) is 0. The maximum absolute atomic E-state index is 11.9. The molecule has 110 valence electrons. The van der Waals surface area contributed by atoms with Gasteiger partial charge in [0.05, 0.1) is 6.61 Å². The van der Waals surface area contributed by atoms with Crippen molar-refractivity contribution in [2.75, 3.05) is 25.0 Å². The Kier molecular flexibility index (Phi) is 5.27. The van der Waals surface area contributed by atoms with Crippen LogP contribution in [0.1, 0.15) is 26.7 Å². The van der Waals surface area contributed by atoms with Crippen LogP contribution in [0.25, 0.3) is 0 Å². The third-order valence-corrected chi connectivity index (χ3v) is 3.44. The number of amides is 1. The van der Waals surface area contributed by atoms with Crippen LogP contribution in [-0.4, -0.2) is 36.7 Å². The highest BCUT2D eigenvalue weighted by Crippen LogP contribution is 2.17. The van der Waals surface area contributed by atoms with Gasteiger partial charge in [-0.25, -0.2) is 4.79 Å². The van der Waals surface area contributed by atoms with Gasteiger partial charge in [0.15, 0.2) is 0 Å². The van der Waals surface area contributed by atoms with Crippen molar-refractivity contribution in [3.05, 3.63) is 30.3 Å². The number of anilines is 1. The molecule has 0 radical (unpaired) electrons. The minimum atomic E-state index is -0.170. The van der Waals surface area contributed by atoms with Crippen molar-refractivity contribution in [3.8, 4) is 0 Å². The molecule has 1 aromatic carbocycles. The zero-order valence-electron chi connectivity index (χ0n) is 12.3. The number of likely N-dealkylation sites (tertiary alicyclic amines) is 1. The van der Waals surface area contributed by atoms with Crippen molar-refractivity contribution in [3.63, 3.8) is 0 Å². The first-order valence-corrected chi connectivity index (χ1v) is 7.38. The van der Waals surface area contributed by atoms with E-state index in [1.165, 1.54) is 0 Å². The Bertz CT molecular complexity index is 412. The van der Waals surface area contributed by atoms with Gasteiger partial charge >= 0.3 is 6.09 Å². The SMILES string of the molecule is CC(C)COC(=O)N1CCC(Nc2ccccc2)CC1. The summed E-state index contributed by atoms with van der Waals surface area (Å²) in [4.78, 5) is 13.7. The number of rotatable bonds is 4. The first-order chi connectivity index (χ1) is 9.65. The van der Waals surface area contributed by atoms with Gasteiger partial charge in [-0.1, -0.05) is 32.0 Å². The summed E-state index contributed by atoms with van der Waals surface area (Å²) in [6, 6.07) is 10.7. The Balaban J connectivity index is 1.73. The van der Waals surface area contributed by atoms with Crippen LogP contribution in [0.4, 0.5) is 10.5 Å². The number of nitrogens with one attached hydrogen (secondary N) is 1. The molecule has 0 aromatic heterocycles. The monoisotopic (exact) mass is 276 g/mol. The molecule has 0 unspecified atom stereocenters. The fourth-order valence-electron chi connectivity index (χ4n) is 2.31. The van der Waals surface area contributed by atoms with Crippen molar-refractivity contribution in [1.29, 1.82) is 0 Å². The van der Waals surface area contributed by atoms with Gasteiger partial charge in [0.25, 0.3) is 0 Å². The number of carbonyl (C=O) groups excluding carboxylic acids is 1. The smallest absolute Gasteiger partial charge is 0.409 e. The highest BCUT2D eigenvalue weighted by atomic mass is 16.6. The summed E-state index contributed by atoms with van der Waals surface area (Å²) in [5.41, 5.74) is 1.15. The molecule has 1 amide bonds. The number of carbonyl (C=O) groups is 1. The lowest BCUT2D eigenvalue weighted by Crippen LogP contribution is -2.42. The summed E-state index contributed by atoms with van der Waals surface area (Å²) in [6.07, 6.45) is 1.76. The van der Waals surface area contributed by atoms with Crippen LogP contribution in [0, 0.1) is 5.92 Å². The Labute approximate surface area is 121 Å². The molecule has 0 bridgehead atoms. The molecule has 1 fully saturated rings.